The van der Waals surface area contributed by atoms with Gasteiger partial charge in [-0.3, -0.25) is 4.79 Å². The number of methoxy groups -OCH3 is 1. The average molecular weight is 250 g/mol. The predicted octanol–water partition coefficient (Wildman–Crippen LogP) is 2.33. The third-order valence-electron chi connectivity index (χ3n) is 2.70. The molecule has 18 heavy (non-hydrogen) atoms. The van der Waals surface area contributed by atoms with E-state index < -0.39 is 0 Å². The molecule has 2 N–H and O–H groups in total. The van der Waals surface area contributed by atoms with Gasteiger partial charge in [-0.15, -0.1) is 0 Å². The van der Waals surface area contributed by atoms with Crippen molar-refractivity contribution in [1.82, 2.24) is 5.32 Å². The van der Waals surface area contributed by atoms with Crippen molar-refractivity contribution in [3.8, 4) is 5.75 Å². The molecule has 0 radical (unpaired) electrons. The number of hydrogen-bond acceptors (Lipinski definition) is 3. The van der Waals surface area contributed by atoms with Crippen LogP contribution in [0.15, 0.2) is 18.2 Å². The van der Waals surface area contributed by atoms with Crippen LogP contribution < -0.4 is 15.4 Å². The van der Waals surface area contributed by atoms with Crippen molar-refractivity contribution in [1.29, 1.82) is 0 Å². The number of rotatable bonds is 7. The second-order valence-electron chi connectivity index (χ2n) is 4.24. The first-order chi connectivity index (χ1) is 8.67. The predicted molar refractivity (Wildman–Crippen MR) is 74.1 cm³/mol. The Morgan fingerprint density at radius 2 is 2.17 bits per heavy atom. The number of anilines is 1. The van der Waals surface area contributed by atoms with Gasteiger partial charge in [0.05, 0.1) is 13.7 Å². The van der Waals surface area contributed by atoms with Gasteiger partial charge >= 0.3 is 0 Å². The highest BCUT2D eigenvalue weighted by atomic mass is 16.5. The van der Waals surface area contributed by atoms with Gasteiger partial charge in [0.15, 0.2) is 0 Å². The van der Waals surface area contributed by atoms with E-state index in [1.54, 1.807) is 7.11 Å². The molecule has 1 aromatic carbocycles. The zero-order valence-electron chi connectivity index (χ0n) is 11.4. The van der Waals surface area contributed by atoms with Crippen molar-refractivity contribution in [3.05, 3.63) is 23.8 Å². The third-order valence-corrected chi connectivity index (χ3v) is 2.70. The number of aryl methyl sites for hydroxylation is 1. The Labute approximate surface area is 109 Å². The minimum atomic E-state index is 0.0249. The number of amides is 1. The molecule has 1 aromatic rings. The molecule has 0 aliphatic rings. The van der Waals surface area contributed by atoms with Crippen LogP contribution in [-0.4, -0.2) is 26.1 Å². The van der Waals surface area contributed by atoms with E-state index in [0.717, 1.165) is 36.4 Å². The number of hydrogen-bond donors (Lipinski definition) is 2. The quantitative estimate of drug-likeness (QED) is 0.730. The van der Waals surface area contributed by atoms with E-state index >= 15 is 0 Å². The van der Waals surface area contributed by atoms with E-state index in [1.807, 2.05) is 25.1 Å². The lowest BCUT2D eigenvalue weighted by molar-refractivity contribution is -0.119. The van der Waals surface area contributed by atoms with Crippen LogP contribution in [0, 0.1) is 6.92 Å². The molecule has 1 amide bonds. The fourth-order valence-electron chi connectivity index (χ4n) is 1.64. The number of benzene rings is 1. The molecule has 4 nitrogen and oxygen atoms in total. The van der Waals surface area contributed by atoms with Crippen molar-refractivity contribution in [2.75, 3.05) is 25.5 Å². The van der Waals surface area contributed by atoms with Gasteiger partial charge in [-0.05, 0) is 37.1 Å². The first-order valence-electron chi connectivity index (χ1n) is 6.32. The molecular formula is C14H22N2O2. The second kappa shape index (κ2) is 7.58. The van der Waals surface area contributed by atoms with Crippen molar-refractivity contribution in [3.63, 3.8) is 0 Å². The van der Waals surface area contributed by atoms with Crippen LogP contribution in [0.3, 0.4) is 0 Å². The summed E-state index contributed by atoms with van der Waals surface area (Å²) in [6.07, 6.45) is 2.11. The molecule has 4 heteroatoms. The number of carbonyl (C=O) groups is 1. The second-order valence-corrected chi connectivity index (χ2v) is 4.24. The highest BCUT2D eigenvalue weighted by Crippen LogP contribution is 2.20. The summed E-state index contributed by atoms with van der Waals surface area (Å²) >= 11 is 0. The van der Waals surface area contributed by atoms with Crippen LogP contribution in [0.25, 0.3) is 0 Å². The lowest BCUT2D eigenvalue weighted by atomic mass is 10.2. The van der Waals surface area contributed by atoms with Crippen LogP contribution in [0.5, 0.6) is 5.75 Å². The fourth-order valence-corrected chi connectivity index (χ4v) is 1.64. The topological polar surface area (TPSA) is 50.4 Å². The molecule has 0 atom stereocenters. The molecule has 0 aliphatic carbocycles. The van der Waals surface area contributed by atoms with E-state index in [0.29, 0.717) is 6.54 Å². The lowest BCUT2D eigenvalue weighted by Crippen LogP contribution is -2.30. The molecule has 0 aromatic heterocycles. The smallest absolute Gasteiger partial charge is 0.239 e. The Kier molecular flexibility index (Phi) is 6.05. The van der Waals surface area contributed by atoms with E-state index in [1.165, 1.54) is 0 Å². The largest absolute Gasteiger partial charge is 0.496 e. The summed E-state index contributed by atoms with van der Waals surface area (Å²) < 4.78 is 5.18. The minimum Gasteiger partial charge on any atom is -0.496 e. The van der Waals surface area contributed by atoms with Gasteiger partial charge in [0.1, 0.15) is 5.75 Å². The highest BCUT2D eigenvalue weighted by Gasteiger charge is 2.02. The molecule has 1 rings (SSSR count). The molecule has 100 valence electrons. The molecule has 0 unspecified atom stereocenters. The van der Waals surface area contributed by atoms with Gasteiger partial charge in [0.25, 0.3) is 0 Å². The van der Waals surface area contributed by atoms with Crippen molar-refractivity contribution < 1.29 is 9.53 Å². The molecule has 0 aliphatic heterocycles. The van der Waals surface area contributed by atoms with Crippen molar-refractivity contribution >= 4 is 11.6 Å². The average Bonchev–Trinajstić information content (AvgIpc) is 2.37. The van der Waals surface area contributed by atoms with E-state index in [4.69, 9.17) is 4.74 Å². The lowest BCUT2D eigenvalue weighted by Gasteiger charge is -2.10. The van der Waals surface area contributed by atoms with Gasteiger partial charge in [0.2, 0.25) is 5.91 Å². The summed E-state index contributed by atoms with van der Waals surface area (Å²) in [5.74, 6) is 0.880. The number of unbranched alkanes of at least 4 members (excludes halogenated alkanes) is 1. The van der Waals surface area contributed by atoms with Crippen LogP contribution in [0.2, 0.25) is 0 Å². The monoisotopic (exact) mass is 250 g/mol. The zero-order valence-corrected chi connectivity index (χ0v) is 11.4. The molecule has 0 heterocycles. The summed E-state index contributed by atoms with van der Waals surface area (Å²) in [5, 5.41) is 5.96. The van der Waals surface area contributed by atoms with Gasteiger partial charge in [-0.25, -0.2) is 0 Å². The van der Waals surface area contributed by atoms with Crippen LogP contribution in [0.1, 0.15) is 25.3 Å². The Morgan fingerprint density at radius 3 is 2.78 bits per heavy atom. The summed E-state index contributed by atoms with van der Waals surface area (Å²) in [6.45, 7) is 5.13. The normalized spacial score (nSPS) is 9.94. The Balaban J connectivity index is 2.39. The number of carbonyl (C=O) groups excluding carboxylic acids is 1. The first-order valence-corrected chi connectivity index (χ1v) is 6.32. The fraction of sp³-hybridized carbons (Fsp3) is 0.500. The highest BCUT2D eigenvalue weighted by molar-refractivity contribution is 5.80. The van der Waals surface area contributed by atoms with Crippen LogP contribution in [-0.2, 0) is 4.79 Å². The molecule has 0 fully saturated rings. The minimum absolute atomic E-state index is 0.0249. The molecular weight excluding hydrogens is 228 g/mol. The maximum Gasteiger partial charge on any atom is 0.239 e. The van der Waals surface area contributed by atoms with E-state index in [-0.39, 0.29) is 5.91 Å². The van der Waals surface area contributed by atoms with Crippen molar-refractivity contribution in [2.45, 2.75) is 26.7 Å². The standard InChI is InChI=1S/C14H22N2O2/c1-4-5-8-15-14(17)10-16-12-6-7-13(18-3)11(2)9-12/h6-7,9,16H,4-5,8,10H2,1-3H3,(H,15,17). The summed E-state index contributed by atoms with van der Waals surface area (Å²) in [5.41, 5.74) is 1.98. The molecule has 0 saturated carbocycles. The van der Waals surface area contributed by atoms with E-state index in [9.17, 15) is 4.79 Å². The van der Waals surface area contributed by atoms with Crippen molar-refractivity contribution in [2.24, 2.45) is 0 Å². The molecule has 0 saturated heterocycles. The first kappa shape index (κ1) is 14.4. The van der Waals surface area contributed by atoms with Gasteiger partial charge in [-0.1, -0.05) is 13.3 Å². The Bertz CT molecular complexity index is 391. The maximum atomic E-state index is 11.5. The van der Waals surface area contributed by atoms with Gasteiger partial charge in [-0.2, -0.15) is 0 Å². The summed E-state index contributed by atoms with van der Waals surface area (Å²) in [6, 6.07) is 5.77. The summed E-state index contributed by atoms with van der Waals surface area (Å²) in [4.78, 5) is 11.5. The van der Waals surface area contributed by atoms with E-state index in [2.05, 4.69) is 17.6 Å². The van der Waals surface area contributed by atoms with Crippen LogP contribution in [0.4, 0.5) is 5.69 Å². The van der Waals surface area contributed by atoms with Crippen LogP contribution >= 0.6 is 0 Å². The maximum absolute atomic E-state index is 11.5. The van der Waals surface area contributed by atoms with Gasteiger partial charge in [0, 0.05) is 12.2 Å². The SMILES string of the molecule is CCCCNC(=O)CNc1ccc(OC)c(C)c1. The molecule has 0 bridgehead atoms. The zero-order chi connectivity index (χ0) is 13.4. The number of ether oxygens (including phenoxy) is 1. The Hall–Kier alpha value is -1.71. The summed E-state index contributed by atoms with van der Waals surface area (Å²) in [7, 11) is 1.65. The number of nitrogens with one attached hydrogen (secondary N) is 2. The Morgan fingerprint density at radius 1 is 1.39 bits per heavy atom. The molecule has 0 spiro atoms. The third kappa shape index (κ3) is 4.65. The van der Waals surface area contributed by atoms with Gasteiger partial charge < -0.3 is 15.4 Å².